The van der Waals surface area contributed by atoms with E-state index in [1.807, 2.05) is 0 Å². The minimum absolute atomic E-state index is 0.135. The van der Waals surface area contributed by atoms with Crippen LogP contribution in [0.15, 0.2) is 35.4 Å². The predicted molar refractivity (Wildman–Crippen MR) is 111 cm³/mol. The first kappa shape index (κ1) is 20.7. The molecule has 0 radical (unpaired) electrons. The molecule has 26 heavy (non-hydrogen) atoms. The third kappa shape index (κ3) is 5.69. The quantitative estimate of drug-likeness (QED) is 0.422. The molecule has 3 unspecified atom stereocenters. The van der Waals surface area contributed by atoms with Crippen molar-refractivity contribution in [2.24, 2.45) is 16.4 Å². The maximum absolute atomic E-state index is 11.9. The zero-order valence-electron chi connectivity index (χ0n) is 17.2. The molecule has 1 aliphatic rings. The molecule has 0 N–H and O–H groups in total. The average Bonchev–Trinajstić information content (AvgIpc) is 2.99. The van der Waals surface area contributed by atoms with Gasteiger partial charge in [-0.2, -0.15) is 5.10 Å². The molecule has 1 aromatic rings. The Bertz CT molecular complexity index is 588. The minimum Gasteiger partial charge on any atom is -0.301 e. The summed E-state index contributed by atoms with van der Waals surface area (Å²) in [6.07, 6.45) is 6.78. The molecule has 0 bridgehead atoms. The molecule has 144 valence electrons. The number of hydrogen-bond acceptors (Lipinski definition) is 3. The Morgan fingerprint density at radius 2 is 1.92 bits per heavy atom. The van der Waals surface area contributed by atoms with Crippen molar-refractivity contribution >= 4 is 12.0 Å². The van der Waals surface area contributed by atoms with E-state index < -0.39 is 0 Å². The summed E-state index contributed by atoms with van der Waals surface area (Å²) in [6.45, 7) is 12.0. The first-order chi connectivity index (χ1) is 12.4. The Morgan fingerprint density at radius 3 is 2.50 bits per heavy atom. The van der Waals surface area contributed by atoms with Gasteiger partial charge in [0.1, 0.15) is 12.3 Å². The van der Waals surface area contributed by atoms with E-state index in [0.717, 1.165) is 25.7 Å². The highest BCUT2D eigenvalue weighted by Crippen LogP contribution is 2.33. The Labute approximate surface area is 159 Å². The van der Waals surface area contributed by atoms with Crippen molar-refractivity contribution in [2.45, 2.75) is 78.7 Å². The number of hydrazone groups is 1. The molecule has 3 heteroatoms. The van der Waals surface area contributed by atoms with Crippen LogP contribution in [0.3, 0.4) is 0 Å². The lowest BCUT2D eigenvalue weighted by Gasteiger charge is -2.31. The molecule has 0 amide bonds. The highest BCUT2D eigenvalue weighted by Gasteiger charge is 2.34. The van der Waals surface area contributed by atoms with Gasteiger partial charge in [0.15, 0.2) is 0 Å². The zero-order chi connectivity index (χ0) is 19.2. The highest BCUT2D eigenvalue weighted by atomic mass is 16.1. The van der Waals surface area contributed by atoms with Crippen molar-refractivity contribution in [3.63, 3.8) is 0 Å². The third-order valence-corrected chi connectivity index (χ3v) is 5.27. The number of carbonyl (C=O) groups excluding carboxylic acids is 1. The van der Waals surface area contributed by atoms with Gasteiger partial charge in [-0.15, -0.1) is 0 Å². The van der Waals surface area contributed by atoms with E-state index in [4.69, 9.17) is 5.10 Å². The molecule has 0 aliphatic carbocycles. The molecular weight excluding hydrogens is 320 g/mol. The van der Waals surface area contributed by atoms with Crippen LogP contribution < -0.4 is 0 Å². The number of carbonyl (C=O) groups is 1. The van der Waals surface area contributed by atoms with Crippen molar-refractivity contribution in [1.29, 1.82) is 0 Å². The van der Waals surface area contributed by atoms with Crippen LogP contribution in [0.4, 0.5) is 0 Å². The van der Waals surface area contributed by atoms with E-state index in [-0.39, 0.29) is 11.5 Å². The van der Waals surface area contributed by atoms with E-state index in [1.165, 1.54) is 30.5 Å². The molecule has 0 saturated carbocycles. The largest absolute Gasteiger partial charge is 0.301 e. The van der Waals surface area contributed by atoms with Crippen molar-refractivity contribution < 1.29 is 4.79 Å². The maximum Gasteiger partial charge on any atom is 0.144 e. The lowest BCUT2D eigenvalue weighted by molar-refractivity contribution is -0.114. The van der Waals surface area contributed by atoms with Gasteiger partial charge in [-0.1, -0.05) is 77.8 Å². The maximum atomic E-state index is 11.9. The molecule has 1 aliphatic heterocycles. The van der Waals surface area contributed by atoms with E-state index >= 15 is 0 Å². The lowest BCUT2D eigenvalue weighted by atomic mass is 9.82. The van der Waals surface area contributed by atoms with Crippen molar-refractivity contribution in [1.82, 2.24) is 5.01 Å². The van der Waals surface area contributed by atoms with E-state index in [0.29, 0.717) is 11.8 Å². The normalized spacial score (nSPS) is 20.0. The molecule has 2 rings (SSSR count). The fourth-order valence-electron chi connectivity index (χ4n) is 4.10. The van der Waals surface area contributed by atoms with Gasteiger partial charge < -0.3 is 4.79 Å². The van der Waals surface area contributed by atoms with Gasteiger partial charge in [0.25, 0.3) is 0 Å². The highest BCUT2D eigenvalue weighted by molar-refractivity contribution is 5.92. The monoisotopic (exact) mass is 356 g/mol. The van der Waals surface area contributed by atoms with Crippen LogP contribution >= 0.6 is 0 Å². The van der Waals surface area contributed by atoms with Crippen LogP contribution in [-0.2, 0) is 4.79 Å². The Morgan fingerprint density at radius 1 is 1.23 bits per heavy atom. The van der Waals surface area contributed by atoms with Gasteiger partial charge in [-0.25, -0.2) is 0 Å². The van der Waals surface area contributed by atoms with E-state index in [9.17, 15) is 4.79 Å². The van der Waals surface area contributed by atoms with Crippen LogP contribution in [0, 0.1) is 11.3 Å². The van der Waals surface area contributed by atoms with Gasteiger partial charge in [-0.05, 0) is 36.2 Å². The molecule has 1 heterocycles. The zero-order valence-corrected chi connectivity index (χ0v) is 17.2. The fraction of sp³-hybridized carbons (Fsp3) is 0.652. The standard InChI is InChI=1S/C23H36N2O/c1-6-7-9-14-21-20(19-12-10-8-11-13-19)16-25(24-21)22(17-26)18(2)15-23(3,4)5/h8,10-13,17-18,20,22H,6-7,9,14-16H2,1-5H3. The van der Waals surface area contributed by atoms with E-state index in [2.05, 4.69) is 70.0 Å². The van der Waals surface area contributed by atoms with Crippen molar-refractivity contribution in [3.8, 4) is 0 Å². The smallest absolute Gasteiger partial charge is 0.144 e. The van der Waals surface area contributed by atoms with Gasteiger partial charge >= 0.3 is 0 Å². The van der Waals surface area contributed by atoms with Gasteiger partial charge in [0.2, 0.25) is 0 Å². The first-order valence-electron chi connectivity index (χ1n) is 10.2. The van der Waals surface area contributed by atoms with Gasteiger partial charge in [0.05, 0.1) is 0 Å². The molecule has 0 fully saturated rings. The summed E-state index contributed by atoms with van der Waals surface area (Å²) in [5.74, 6) is 0.611. The van der Waals surface area contributed by atoms with Crippen molar-refractivity contribution in [2.75, 3.05) is 6.54 Å². The van der Waals surface area contributed by atoms with Gasteiger partial charge in [0, 0.05) is 18.2 Å². The molecule has 1 aromatic carbocycles. The predicted octanol–water partition coefficient (Wildman–Crippen LogP) is 5.66. The molecule has 0 saturated heterocycles. The molecule has 3 atom stereocenters. The number of aldehydes is 1. The minimum atomic E-state index is -0.135. The third-order valence-electron chi connectivity index (χ3n) is 5.27. The van der Waals surface area contributed by atoms with Crippen molar-refractivity contribution in [3.05, 3.63) is 35.9 Å². The second-order valence-corrected chi connectivity index (χ2v) is 9.00. The number of benzene rings is 1. The lowest BCUT2D eigenvalue weighted by Crippen LogP contribution is -2.38. The van der Waals surface area contributed by atoms with Gasteiger partial charge in [-0.3, -0.25) is 5.01 Å². The van der Waals surface area contributed by atoms with Crippen LogP contribution in [0.2, 0.25) is 0 Å². The second kappa shape index (κ2) is 9.34. The fourth-order valence-corrected chi connectivity index (χ4v) is 4.10. The first-order valence-corrected chi connectivity index (χ1v) is 10.2. The number of hydrogen-bond donors (Lipinski definition) is 0. The Balaban J connectivity index is 2.18. The van der Waals surface area contributed by atoms with Crippen LogP contribution in [-0.4, -0.2) is 29.6 Å². The summed E-state index contributed by atoms with van der Waals surface area (Å²) in [4.78, 5) is 11.9. The number of rotatable bonds is 9. The molecule has 0 aromatic heterocycles. The summed E-state index contributed by atoms with van der Waals surface area (Å²) in [6, 6.07) is 10.5. The van der Waals surface area contributed by atoms with E-state index in [1.54, 1.807) is 0 Å². The number of unbranched alkanes of at least 4 members (excludes halogenated alkanes) is 2. The topological polar surface area (TPSA) is 32.7 Å². The van der Waals surface area contributed by atoms with Crippen LogP contribution in [0.1, 0.15) is 78.2 Å². The van der Waals surface area contributed by atoms with Crippen LogP contribution in [0.25, 0.3) is 0 Å². The molecule has 0 spiro atoms. The molecule has 3 nitrogen and oxygen atoms in total. The average molecular weight is 357 g/mol. The second-order valence-electron chi connectivity index (χ2n) is 9.00. The summed E-state index contributed by atoms with van der Waals surface area (Å²) in [5.41, 5.74) is 2.78. The van der Waals surface area contributed by atoms with Crippen LogP contribution in [0.5, 0.6) is 0 Å². The Hall–Kier alpha value is -1.64. The summed E-state index contributed by atoms with van der Waals surface area (Å²) in [7, 11) is 0. The summed E-state index contributed by atoms with van der Waals surface area (Å²) >= 11 is 0. The summed E-state index contributed by atoms with van der Waals surface area (Å²) in [5, 5.41) is 7.03. The Kier molecular flexibility index (Phi) is 7.43. The number of nitrogens with zero attached hydrogens (tertiary/aromatic N) is 2. The SMILES string of the molecule is CCCCCC1=NN(C(C=O)C(C)CC(C)(C)C)CC1c1ccccc1. The summed E-state index contributed by atoms with van der Waals surface area (Å²) < 4.78 is 0. The molecular formula is C23H36N2O.